The second-order valence-corrected chi connectivity index (χ2v) is 6.34. The Labute approximate surface area is 87.4 Å². The summed E-state index contributed by atoms with van der Waals surface area (Å²) in [5, 5.41) is 0. The van der Waals surface area contributed by atoms with Crippen LogP contribution in [0.15, 0.2) is 30.3 Å². The summed E-state index contributed by atoms with van der Waals surface area (Å²) in [5.41, 5.74) is 4.41. The van der Waals surface area contributed by atoms with E-state index >= 15 is 0 Å². The summed E-state index contributed by atoms with van der Waals surface area (Å²) >= 11 is 3.62. The molecule has 0 heterocycles. The molecule has 0 saturated carbocycles. The predicted molar refractivity (Wildman–Crippen MR) is 58.7 cm³/mol. The molecule has 1 aromatic rings. The lowest BCUT2D eigenvalue weighted by atomic mass is 10.1. The first kappa shape index (κ1) is 11.5. The van der Waals surface area contributed by atoms with Crippen LogP contribution >= 0.6 is 19.2 Å². The van der Waals surface area contributed by atoms with Crippen molar-refractivity contribution in [2.75, 3.05) is 0 Å². The number of amides is 1. The molecule has 1 amide bonds. The van der Waals surface area contributed by atoms with E-state index in [4.69, 9.17) is 5.73 Å². The molecule has 14 heavy (non-hydrogen) atoms. The van der Waals surface area contributed by atoms with Gasteiger partial charge in [0.2, 0.25) is 5.66 Å². The standard InChI is InChI=1S/C8H10NO3PS/c9-8(10)7(13(11,12)14)6-4-2-1-3-5-6/h1-5,7,11-12,14H,(H-,9,10)/p+1. The molecular weight excluding hydrogens is 221 g/mol. The topological polar surface area (TPSA) is 83.6 Å². The molecule has 6 heteroatoms. The second kappa shape index (κ2) is 4.28. The highest BCUT2D eigenvalue weighted by Crippen LogP contribution is 2.66. The lowest BCUT2D eigenvalue weighted by molar-refractivity contribution is -0.117. The average molecular weight is 232 g/mol. The normalized spacial score (nSPS) is 13.6. The van der Waals surface area contributed by atoms with Crippen LogP contribution in [0.4, 0.5) is 0 Å². The Hall–Kier alpha value is -0.610. The van der Waals surface area contributed by atoms with Gasteiger partial charge in [-0.05, 0) is 0 Å². The van der Waals surface area contributed by atoms with Gasteiger partial charge in [0, 0.05) is 5.56 Å². The van der Waals surface area contributed by atoms with Crippen molar-refractivity contribution in [3.05, 3.63) is 35.9 Å². The zero-order valence-electron chi connectivity index (χ0n) is 7.24. The van der Waals surface area contributed by atoms with Crippen molar-refractivity contribution in [3.8, 4) is 0 Å². The minimum atomic E-state index is -3.58. The van der Waals surface area contributed by atoms with Crippen LogP contribution in [0.3, 0.4) is 0 Å². The molecule has 0 aliphatic rings. The van der Waals surface area contributed by atoms with Gasteiger partial charge in [-0.25, -0.2) is 9.79 Å². The van der Waals surface area contributed by atoms with Crippen molar-refractivity contribution >= 4 is 25.1 Å². The van der Waals surface area contributed by atoms with Crippen LogP contribution in [-0.2, 0) is 4.79 Å². The second-order valence-electron chi connectivity index (χ2n) is 2.83. The van der Waals surface area contributed by atoms with E-state index in [2.05, 4.69) is 12.2 Å². The molecule has 4 nitrogen and oxygen atoms in total. The highest BCUT2D eigenvalue weighted by atomic mass is 32.7. The number of hydrogen-bond acceptors (Lipinski definition) is 4. The Morgan fingerprint density at radius 2 is 1.86 bits per heavy atom. The fourth-order valence-electron chi connectivity index (χ4n) is 1.17. The van der Waals surface area contributed by atoms with E-state index in [1.807, 2.05) is 0 Å². The van der Waals surface area contributed by atoms with Gasteiger partial charge in [-0.15, -0.1) is 0 Å². The smallest absolute Gasteiger partial charge is 0.341 e. The summed E-state index contributed by atoms with van der Waals surface area (Å²) in [7, 11) is 0. The Kier molecular flexibility index (Phi) is 3.50. The molecule has 0 aliphatic carbocycles. The Balaban J connectivity index is 3.08. The van der Waals surface area contributed by atoms with E-state index in [0.717, 1.165) is 0 Å². The monoisotopic (exact) mass is 232 g/mol. The summed E-state index contributed by atoms with van der Waals surface area (Å²) in [6, 6.07) is 8.35. The number of carbonyl (C=O) groups is 1. The SMILES string of the molecule is NC(=O)C(c1ccccc1)[P+](O)(O)S. The molecule has 4 N–H and O–H groups in total. The Morgan fingerprint density at radius 1 is 1.36 bits per heavy atom. The summed E-state index contributed by atoms with van der Waals surface area (Å²) < 4.78 is 0. The van der Waals surface area contributed by atoms with Crippen LogP contribution < -0.4 is 5.73 Å². The van der Waals surface area contributed by atoms with Crippen LogP contribution in [0, 0.1) is 0 Å². The van der Waals surface area contributed by atoms with Gasteiger partial charge < -0.3 is 5.73 Å². The first-order chi connectivity index (χ1) is 6.43. The van der Waals surface area contributed by atoms with E-state index < -0.39 is 18.5 Å². The third-order valence-corrected chi connectivity index (χ3v) is 3.67. The molecule has 0 fully saturated rings. The summed E-state index contributed by atoms with van der Waals surface area (Å²) in [5.74, 6) is -0.787. The lowest BCUT2D eigenvalue weighted by Gasteiger charge is -2.14. The van der Waals surface area contributed by atoms with Gasteiger partial charge in [0.05, 0.1) is 12.2 Å². The maximum Gasteiger partial charge on any atom is 0.341 e. The number of thiol groups is 1. The quantitative estimate of drug-likeness (QED) is 0.461. The van der Waals surface area contributed by atoms with Crippen molar-refractivity contribution < 1.29 is 14.6 Å². The number of carbonyl (C=O) groups excluding carboxylic acids is 1. The van der Waals surface area contributed by atoms with Gasteiger partial charge in [0.15, 0.2) is 0 Å². The van der Waals surface area contributed by atoms with Gasteiger partial charge in [-0.1, -0.05) is 30.3 Å². The fourth-order valence-corrected chi connectivity index (χ4v) is 2.83. The molecule has 0 bridgehead atoms. The number of primary amides is 1. The minimum absolute atomic E-state index is 0.466. The molecule has 1 atom stereocenters. The molecule has 0 spiro atoms. The summed E-state index contributed by atoms with van der Waals surface area (Å²) in [6.07, 6.45) is 0. The van der Waals surface area contributed by atoms with Crippen molar-refractivity contribution in [2.45, 2.75) is 5.66 Å². The zero-order valence-corrected chi connectivity index (χ0v) is 9.03. The highest BCUT2D eigenvalue weighted by Gasteiger charge is 2.46. The first-order valence-corrected chi connectivity index (χ1v) is 6.76. The predicted octanol–water partition coefficient (Wildman–Crippen LogP) is 0.890. The molecule has 0 saturated heterocycles. The summed E-state index contributed by atoms with van der Waals surface area (Å²) in [6.45, 7) is -3.58. The number of benzene rings is 1. The van der Waals surface area contributed by atoms with Crippen LogP contribution in [0.25, 0.3) is 0 Å². The number of nitrogens with two attached hydrogens (primary N) is 1. The third kappa shape index (κ3) is 2.69. The molecular formula is C8H11NO3PS+. The Morgan fingerprint density at radius 3 is 2.21 bits per heavy atom. The number of hydrogen-bond donors (Lipinski definition) is 4. The average Bonchev–Trinajstić information content (AvgIpc) is 2.02. The third-order valence-electron chi connectivity index (χ3n) is 1.73. The van der Waals surface area contributed by atoms with Gasteiger partial charge in [-0.2, -0.15) is 0 Å². The summed E-state index contributed by atoms with van der Waals surface area (Å²) in [4.78, 5) is 29.7. The molecule has 76 valence electrons. The van der Waals surface area contributed by atoms with E-state index in [-0.39, 0.29) is 0 Å². The molecule has 1 rings (SSSR count). The van der Waals surface area contributed by atoms with Crippen molar-refractivity contribution in [2.24, 2.45) is 5.73 Å². The first-order valence-electron chi connectivity index (χ1n) is 3.84. The molecule has 0 aliphatic heterocycles. The molecule has 0 radical (unpaired) electrons. The lowest BCUT2D eigenvalue weighted by Crippen LogP contribution is -2.22. The van der Waals surface area contributed by atoms with Gasteiger partial charge in [0.1, 0.15) is 0 Å². The van der Waals surface area contributed by atoms with Crippen molar-refractivity contribution in [1.82, 2.24) is 0 Å². The van der Waals surface area contributed by atoms with Crippen molar-refractivity contribution in [1.29, 1.82) is 0 Å². The van der Waals surface area contributed by atoms with Crippen molar-refractivity contribution in [3.63, 3.8) is 0 Å². The van der Waals surface area contributed by atoms with E-state index in [1.165, 1.54) is 0 Å². The highest BCUT2D eigenvalue weighted by molar-refractivity contribution is 8.49. The van der Waals surface area contributed by atoms with Crippen LogP contribution in [0.5, 0.6) is 0 Å². The van der Waals surface area contributed by atoms with Crippen LogP contribution in [-0.4, -0.2) is 15.7 Å². The van der Waals surface area contributed by atoms with Crippen LogP contribution in [0.1, 0.15) is 11.2 Å². The molecule has 1 unspecified atom stereocenters. The van der Waals surface area contributed by atoms with E-state index in [0.29, 0.717) is 5.56 Å². The van der Waals surface area contributed by atoms with Gasteiger partial charge in [-0.3, -0.25) is 4.79 Å². The minimum Gasteiger partial charge on any atom is -0.366 e. The van der Waals surface area contributed by atoms with Gasteiger partial charge in [0.25, 0.3) is 5.91 Å². The fraction of sp³-hybridized carbons (Fsp3) is 0.125. The van der Waals surface area contributed by atoms with Crippen LogP contribution in [0.2, 0.25) is 0 Å². The maximum atomic E-state index is 11.0. The largest absolute Gasteiger partial charge is 0.366 e. The zero-order chi connectivity index (χ0) is 10.8. The Bertz CT molecular complexity index is 325. The molecule has 0 aromatic heterocycles. The van der Waals surface area contributed by atoms with Gasteiger partial charge >= 0.3 is 6.92 Å². The molecule has 1 aromatic carbocycles. The van der Waals surface area contributed by atoms with E-state index in [9.17, 15) is 14.6 Å². The van der Waals surface area contributed by atoms with E-state index in [1.54, 1.807) is 30.3 Å². The number of rotatable bonds is 3. The maximum absolute atomic E-state index is 11.0.